The van der Waals surface area contributed by atoms with E-state index in [1.54, 1.807) is 0 Å². The molecule has 1 aromatic rings. The molecule has 3 N–H and O–H groups in total. The molecule has 4 amide bonds. The van der Waals surface area contributed by atoms with Crippen LogP contribution in [0, 0.1) is 29.6 Å². The van der Waals surface area contributed by atoms with Crippen molar-refractivity contribution in [1.82, 2.24) is 20.4 Å². The molecule has 3 fully saturated rings. The molecule has 3 aliphatic rings. The Kier molecular flexibility index (Phi) is 10.4. The molecule has 2 aliphatic heterocycles. The van der Waals surface area contributed by atoms with Gasteiger partial charge in [0.25, 0.3) is 0 Å². The number of amides is 4. The summed E-state index contributed by atoms with van der Waals surface area (Å²) < 4.78 is 19.4. The number of hydrogen-bond acceptors (Lipinski definition) is 5. The van der Waals surface area contributed by atoms with E-state index in [-0.39, 0.29) is 39.1 Å². The summed E-state index contributed by atoms with van der Waals surface area (Å²) in [6.45, 7) is 6.55. The number of carbonyl (C=O) groups excluding carboxylic acids is 3. The molecule has 1 saturated carbocycles. The van der Waals surface area contributed by atoms with E-state index in [9.17, 15) is 28.7 Å². The molecule has 1 aliphatic carbocycles. The maximum Gasteiger partial charge on any atom is 0.410 e. The Balaban J connectivity index is 1.37. The van der Waals surface area contributed by atoms with E-state index in [0.717, 1.165) is 34.9 Å². The molecular formula is C31H39FN4O6Si. The fourth-order valence-corrected chi connectivity index (χ4v) is 5.66. The minimum absolute atomic E-state index is 0.00541. The Morgan fingerprint density at radius 3 is 2.35 bits per heavy atom. The van der Waals surface area contributed by atoms with Gasteiger partial charge in [0.2, 0.25) is 11.8 Å². The molecule has 0 unspecified atom stereocenters. The van der Waals surface area contributed by atoms with Crippen LogP contribution < -0.4 is 10.6 Å². The molecule has 2 heterocycles. The molecule has 12 heteroatoms. The van der Waals surface area contributed by atoms with Crippen LogP contribution in [0.25, 0.3) is 0 Å². The maximum absolute atomic E-state index is 13.9. The number of likely N-dealkylation sites (tertiary alicyclic amines) is 2. The van der Waals surface area contributed by atoms with Gasteiger partial charge in [0.05, 0.1) is 13.2 Å². The highest BCUT2D eigenvalue weighted by molar-refractivity contribution is 6.76. The lowest BCUT2D eigenvalue weighted by Crippen LogP contribution is -2.49. The Labute approximate surface area is 252 Å². The lowest BCUT2D eigenvalue weighted by molar-refractivity contribution is -0.126. The second kappa shape index (κ2) is 14.0. The van der Waals surface area contributed by atoms with Crippen molar-refractivity contribution in [1.29, 1.82) is 0 Å². The molecule has 0 spiro atoms. The van der Waals surface area contributed by atoms with Gasteiger partial charge in [0, 0.05) is 45.1 Å². The first kappa shape index (κ1) is 31.9. The number of carboxylic acid groups (broad SMARTS) is 1. The molecule has 2 saturated heterocycles. The highest BCUT2D eigenvalue weighted by Gasteiger charge is 2.44. The second-order valence-electron chi connectivity index (χ2n) is 12.5. The van der Waals surface area contributed by atoms with E-state index in [1.807, 2.05) is 24.3 Å². The van der Waals surface area contributed by atoms with Gasteiger partial charge in [-0.3, -0.25) is 19.4 Å². The van der Waals surface area contributed by atoms with Gasteiger partial charge in [-0.15, -0.1) is 0 Å². The zero-order chi connectivity index (χ0) is 31.1. The first-order valence-electron chi connectivity index (χ1n) is 14.6. The average Bonchev–Trinajstić information content (AvgIpc) is 3.53. The number of benzene rings is 1. The van der Waals surface area contributed by atoms with E-state index in [2.05, 4.69) is 54.0 Å². The third-order valence-electron chi connectivity index (χ3n) is 7.60. The van der Waals surface area contributed by atoms with Gasteiger partial charge in [0.1, 0.15) is 18.3 Å². The molecule has 4 atom stereocenters. The summed E-state index contributed by atoms with van der Waals surface area (Å²) >= 11 is 0. The highest BCUT2D eigenvalue weighted by Crippen LogP contribution is 2.27. The molecule has 0 radical (unpaired) electrons. The lowest BCUT2D eigenvalue weighted by Gasteiger charge is -2.24. The van der Waals surface area contributed by atoms with Gasteiger partial charge in [-0.1, -0.05) is 43.6 Å². The highest BCUT2D eigenvalue weighted by atomic mass is 28.3. The van der Waals surface area contributed by atoms with Crippen molar-refractivity contribution in [2.45, 2.75) is 82.2 Å². The van der Waals surface area contributed by atoms with Crippen LogP contribution >= 0.6 is 0 Å². The topological polar surface area (TPSA) is 128 Å². The monoisotopic (exact) mass is 610 g/mol. The van der Waals surface area contributed by atoms with Crippen LogP contribution in [-0.4, -0.2) is 91.0 Å². The Morgan fingerprint density at radius 2 is 1.70 bits per heavy atom. The third-order valence-corrected chi connectivity index (χ3v) is 9.31. The number of carbonyl (C=O) groups is 4. The Bertz CT molecular complexity index is 1340. The normalized spacial score (nSPS) is 23.0. The van der Waals surface area contributed by atoms with Gasteiger partial charge < -0.3 is 20.5 Å². The summed E-state index contributed by atoms with van der Waals surface area (Å²) in [4.78, 5) is 52.8. The van der Waals surface area contributed by atoms with Crippen molar-refractivity contribution in [2.24, 2.45) is 5.92 Å². The summed E-state index contributed by atoms with van der Waals surface area (Å²) in [5, 5.41) is 15.0. The molecule has 10 nitrogen and oxygen atoms in total. The van der Waals surface area contributed by atoms with E-state index in [1.165, 1.54) is 4.90 Å². The summed E-state index contributed by atoms with van der Waals surface area (Å²) in [6, 6.07) is 5.45. The van der Waals surface area contributed by atoms with E-state index in [0.29, 0.717) is 5.92 Å². The van der Waals surface area contributed by atoms with Gasteiger partial charge >= 0.3 is 12.2 Å². The van der Waals surface area contributed by atoms with Gasteiger partial charge in [-0.05, 0) is 54.8 Å². The Hall–Kier alpha value is -4.03. The number of ether oxygens (including phenoxy) is 1. The summed E-state index contributed by atoms with van der Waals surface area (Å²) in [5.41, 5.74) is 1.65. The number of hydrogen-bond donors (Lipinski definition) is 3. The minimum Gasteiger partial charge on any atom is -0.465 e. The predicted octanol–water partition coefficient (Wildman–Crippen LogP) is 3.19. The van der Waals surface area contributed by atoms with E-state index >= 15 is 0 Å². The quantitative estimate of drug-likeness (QED) is 0.307. The fraction of sp³-hybridized carbons (Fsp3) is 0.548. The van der Waals surface area contributed by atoms with Crippen molar-refractivity contribution in [2.75, 3.05) is 19.7 Å². The van der Waals surface area contributed by atoms with Crippen LogP contribution in [0.5, 0.6) is 0 Å². The average molecular weight is 611 g/mol. The second-order valence-corrected chi connectivity index (χ2v) is 18.1. The first-order chi connectivity index (χ1) is 20.4. The first-order valence-corrected chi connectivity index (χ1v) is 18.4. The van der Waals surface area contributed by atoms with Crippen LogP contribution in [-0.2, 0) is 20.9 Å². The van der Waals surface area contributed by atoms with Gasteiger partial charge in [0.15, 0.2) is 0 Å². The zero-order valence-corrected chi connectivity index (χ0v) is 25.8. The van der Waals surface area contributed by atoms with Crippen LogP contribution in [0.4, 0.5) is 14.0 Å². The summed E-state index contributed by atoms with van der Waals surface area (Å²) in [6.07, 6.45) is -1.30. The van der Waals surface area contributed by atoms with Crippen molar-refractivity contribution >= 4 is 32.1 Å². The number of nitrogens with zero attached hydrogens (tertiary/aromatic N) is 2. The Morgan fingerprint density at radius 1 is 1.00 bits per heavy atom. The summed E-state index contributed by atoms with van der Waals surface area (Å²) in [5.74, 6) is 11.3. The fourth-order valence-electron chi connectivity index (χ4n) is 4.94. The standard InChI is InChI=1S/C31H39FN4O6Si/c1-43(2,3)15-14-42-31(41)36-20-25(34-29(38)26-16-24(32)19-35(26)30(39)40)17-27(36)28(37)33-18-23-12-10-22(11-13-23)7-5-4-6-21-8-9-21/h10-13,21,24-27H,8-9,14-20H2,1-3H3,(H,33,37)(H,34,38)(H,39,40)/t24-,25+,26-,27+/m0/s1. The molecule has 0 aromatic heterocycles. The minimum atomic E-state index is -1.47. The largest absolute Gasteiger partial charge is 0.465 e. The third kappa shape index (κ3) is 9.48. The van der Waals surface area contributed by atoms with Crippen LogP contribution in [0.2, 0.25) is 25.7 Å². The number of alkyl halides is 1. The maximum atomic E-state index is 13.9. The van der Waals surface area contributed by atoms with Gasteiger partial charge in [-0.2, -0.15) is 0 Å². The lowest BCUT2D eigenvalue weighted by atomic mass is 10.1. The van der Waals surface area contributed by atoms with Crippen LogP contribution in [0.15, 0.2) is 24.3 Å². The number of nitrogens with one attached hydrogen (secondary N) is 2. The molecule has 4 rings (SSSR count). The molecular weight excluding hydrogens is 571 g/mol. The van der Waals surface area contributed by atoms with Crippen LogP contribution in [0.1, 0.15) is 36.8 Å². The predicted molar refractivity (Wildman–Crippen MR) is 160 cm³/mol. The SMILES string of the molecule is C[Si](C)(C)CCOC(=O)N1C[C@H](NC(=O)[C@@H]2C[C@H](F)CN2C(=O)O)C[C@@H]1C(=O)NCc1ccc(C#CC#CC2CC2)cc1. The van der Waals surface area contributed by atoms with Crippen molar-refractivity contribution in [3.63, 3.8) is 0 Å². The number of rotatable bonds is 8. The van der Waals surface area contributed by atoms with E-state index in [4.69, 9.17) is 4.74 Å². The molecule has 1 aromatic carbocycles. The summed E-state index contributed by atoms with van der Waals surface area (Å²) in [7, 11) is -1.47. The molecule has 230 valence electrons. The molecule has 0 bridgehead atoms. The molecule has 43 heavy (non-hydrogen) atoms. The van der Waals surface area contributed by atoms with Crippen molar-refractivity contribution in [3.05, 3.63) is 35.4 Å². The van der Waals surface area contributed by atoms with Gasteiger partial charge in [-0.25, -0.2) is 14.0 Å². The van der Waals surface area contributed by atoms with Crippen molar-refractivity contribution < 1.29 is 33.4 Å². The van der Waals surface area contributed by atoms with E-state index < -0.39 is 56.4 Å². The number of halogens is 1. The zero-order valence-electron chi connectivity index (χ0n) is 24.8. The smallest absolute Gasteiger partial charge is 0.410 e. The van der Waals surface area contributed by atoms with Crippen LogP contribution in [0.3, 0.4) is 0 Å². The van der Waals surface area contributed by atoms with Crippen molar-refractivity contribution in [3.8, 4) is 23.7 Å².